The van der Waals surface area contributed by atoms with Crippen LogP contribution in [0.3, 0.4) is 0 Å². The van der Waals surface area contributed by atoms with Gasteiger partial charge in [0.05, 0.1) is 24.3 Å². The number of nitrogens with zero attached hydrogens (tertiary/aromatic N) is 1. The predicted molar refractivity (Wildman–Crippen MR) is 73.0 cm³/mol. The Labute approximate surface area is 113 Å². The molecule has 1 aliphatic carbocycles. The molecule has 2 rings (SSSR count). The Morgan fingerprint density at radius 1 is 1.42 bits per heavy atom. The molecule has 1 aliphatic heterocycles. The molecule has 0 aromatic heterocycles. The molecule has 1 unspecified atom stereocenters. The number of methoxy groups -OCH3 is 1. The largest absolute Gasteiger partial charge is 0.493 e. The summed E-state index contributed by atoms with van der Waals surface area (Å²) in [6.45, 7) is 3.28. The van der Waals surface area contributed by atoms with Crippen LogP contribution < -0.4 is 5.32 Å². The molecule has 0 spiro atoms. The van der Waals surface area contributed by atoms with Gasteiger partial charge in [0.15, 0.2) is 0 Å². The zero-order chi connectivity index (χ0) is 13.7. The lowest BCUT2D eigenvalue weighted by Gasteiger charge is -2.29. The maximum absolute atomic E-state index is 9.16. The number of nitrogens with one attached hydrogen (secondary N) is 1. The maximum atomic E-state index is 9.16. The van der Waals surface area contributed by atoms with Crippen molar-refractivity contribution in [3.05, 3.63) is 46.9 Å². The molecule has 1 heterocycles. The molecule has 19 heavy (non-hydrogen) atoms. The van der Waals surface area contributed by atoms with Crippen molar-refractivity contribution in [2.45, 2.75) is 19.4 Å². The highest BCUT2D eigenvalue weighted by atomic mass is 16.5. The molecule has 4 nitrogen and oxygen atoms in total. The third kappa shape index (κ3) is 3.07. The average molecular weight is 258 g/mol. The first-order valence-electron chi connectivity index (χ1n) is 6.35. The number of dihydropyridines is 1. The molecule has 2 aliphatic rings. The molecule has 0 saturated carbocycles. The number of fused-ring (bicyclic) bond motifs is 1. The minimum atomic E-state index is -0.0857. The molecule has 0 bridgehead atoms. The van der Waals surface area contributed by atoms with Crippen LogP contribution in [-0.4, -0.2) is 26.4 Å². The second kappa shape index (κ2) is 6.26. The van der Waals surface area contributed by atoms with E-state index in [1.165, 1.54) is 0 Å². The highest BCUT2D eigenvalue weighted by Crippen LogP contribution is 2.27. The Kier molecular flexibility index (Phi) is 4.43. The highest BCUT2D eigenvalue weighted by Gasteiger charge is 2.26. The van der Waals surface area contributed by atoms with E-state index in [9.17, 15) is 0 Å². The first kappa shape index (κ1) is 13.4. The molecule has 0 aromatic carbocycles. The number of hydrogen-bond acceptors (Lipinski definition) is 4. The summed E-state index contributed by atoms with van der Waals surface area (Å²) in [5.74, 6) is 0.842. The number of hydrogen-bond donors (Lipinski definition) is 1. The van der Waals surface area contributed by atoms with Gasteiger partial charge in [-0.05, 0) is 19.1 Å². The van der Waals surface area contributed by atoms with E-state index in [1.807, 2.05) is 31.2 Å². The third-order valence-electron chi connectivity index (χ3n) is 3.06. The Balaban J connectivity index is 2.15. The number of nitriles is 1. The molecule has 1 atom stereocenters. The smallest absolute Gasteiger partial charge is 0.126 e. The van der Waals surface area contributed by atoms with Gasteiger partial charge in [0.25, 0.3) is 0 Å². The Morgan fingerprint density at radius 3 is 3.00 bits per heavy atom. The normalized spacial score (nSPS) is 21.0. The topological polar surface area (TPSA) is 54.3 Å². The Bertz CT molecular complexity index is 507. The van der Waals surface area contributed by atoms with Crippen LogP contribution in [0.15, 0.2) is 46.9 Å². The van der Waals surface area contributed by atoms with Crippen molar-refractivity contribution in [1.29, 1.82) is 5.26 Å². The van der Waals surface area contributed by atoms with Crippen LogP contribution in [0.1, 0.15) is 13.3 Å². The minimum Gasteiger partial charge on any atom is -0.493 e. The Morgan fingerprint density at radius 2 is 2.26 bits per heavy atom. The SMILES string of the molecule is COCCCOC1=C2C=CC=C(C#N)C2NC(C)=C1. The van der Waals surface area contributed by atoms with E-state index in [2.05, 4.69) is 11.4 Å². The fourth-order valence-electron chi connectivity index (χ4n) is 2.16. The van der Waals surface area contributed by atoms with Gasteiger partial charge in [-0.1, -0.05) is 12.2 Å². The van der Waals surface area contributed by atoms with Crippen LogP contribution in [0.25, 0.3) is 0 Å². The second-order valence-corrected chi connectivity index (χ2v) is 4.51. The summed E-state index contributed by atoms with van der Waals surface area (Å²) in [5, 5.41) is 12.5. The van der Waals surface area contributed by atoms with E-state index in [0.29, 0.717) is 18.8 Å². The van der Waals surface area contributed by atoms with Crippen LogP contribution >= 0.6 is 0 Å². The van der Waals surface area contributed by atoms with Crippen molar-refractivity contribution in [3.63, 3.8) is 0 Å². The molecule has 4 heteroatoms. The monoisotopic (exact) mass is 258 g/mol. The molecular weight excluding hydrogens is 240 g/mol. The molecule has 100 valence electrons. The Hall–Kier alpha value is -1.99. The third-order valence-corrected chi connectivity index (χ3v) is 3.06. The van der Waals surface area contributed by atoms with Gasteiger partial charge in [-0.3, -0.25) is 0 Å². The summed E-state index contributed by atoms with van der Waals surface area (Å²) in [5.41, 5.74) is 2.73. The van der Waals surface area contributed by atoms with Crippen molar-refractivity contribution in [2.24, 2.45) is 0 Å². The summed E-state index contributed by atoms with van der Waals surface area (Å²) < 4.78 is 10.8. The van der Waals surface area contributed by atoms with Gasteiger partial charge in [0.1, 0.15) is 5.76 Å². The zero-order valence-electron chi connectivity index (χ0n) is 11.3. The number of allylic oxidation sites excluding steroid dienone is 4. The van der Waals surface area contributed by atoms with Crippen molar-refractivity contribution in [3.8, 4) is 6.07 Å². The first-order chi connectivity index (χ1) is 9.26. The molecule has 0 fully saturated rings. The molecule has 0 amide bonds. The van der Waals surface area contributed by atoms with E-state index in [4.69, 9.17) is 14.7 Å². The van der Waals surface area contributed by atoms with Crippen LogP contribution in [-0.2, 0) is 9.47 Å². The molecule has 0 radical (unpaired) electrons. The van der Waals surface area contributed by atoms with Gasteiger partial charge in [0, 0.05) is 31.4 Å². The fraction of sp³-hybridized carbons (Fsp3) is 0.400. The van der Waals surface area contributed by atoms with Gasteiger partial charge in [0.2, 0.25) is 0 Å². The van der Waals surface area contributed by atoms with Crippen LogP contribution in [0.2, 0.25) is 0 Å². The van der Waals surface area contributed by atoms with E-state index >= 15 is 0 Å². The van der Waals surface area contributed by atoms with Crippen LogP contribution in [0.5, 0.6) is 0 Å². The maximum Gasteiger partial charge on any atom is 0.126 e. The quantitative estimate of drug-likeness (QED) is 0.768. The highest BCUT2D eigenvalue weighted by molar-refractivity contribution is 5.52. The van der Waals surface area contributed by atoms with Gasteiger partial charge >= 0.3 is 0 Å². The van der Waals surface area contributed by atoms with Crippen molar-refractivity contribution in [1.82, 2.24) is 5.32 Å². The second-order valence-electron chi connectivity index (χ2n) is 4.51. The standard InChI is InChI=1S/C15H18N2O2/c1-11-9-14(19-8-4-7-18-2)13-6-3-5-12(10-16)15(13)17-11/h3,5-6,9,15,17H,4,7-8H2,1-2H3. The minimum absolute atomic E-state index is 0.0857. The number of rotatable bonds is 5. The summed E-state index contributed by atoms with van der Waals surface area (Å²) in [6.07, 6.45) is 8.54. The summed E-state index contributed by atoms with van der Waals surface area (Å²) in [4.78, 5) is 0. The van der Waals surface area contributed by atoms with Gasteiger partial charge < -0.3 is 14.8 Å². The average Bonchev–Trinajstić information content (AvgIpc) is 2.42. The van der Waals surface area contributed by atoms with Crippen molar-refractivity contribution in [2.75, 3.05) is 20.3 Å². The van der Waals surface area contributed by atoms with Gasteiger partial charge in [-0.15, -0.1) is 0 Å². The lowest BCUT2D eigenvalue weighted by molar-refractivity contribution is 0.147. The molecular formula is C15H18N2O2. The number of ether oxygens (including phenoxy) is 2. The van der Waals surface area contributed by atoms with E-state index in [1.54, 1.807) is 7.11 Å². The van der Waals surface area contributed by atoms with Crippen LogP contribution in [0.4, 0.5) is 0 Å². The van der Waals surface area contributed by atoms with E-state index < -0.39 is 0 Å². The fourth-order valence-corrected chi connectivity index (χ4v) is 2.16. The predicted octanol–water partition coefficient (Wildman–Crippen LogP) is 2.19. The lowest BCUT2D eigenvalue weighted by Crippen LogP contribution is -2.35. The van der Waals surface area contributed by atoms with E-state index in [-0.39, 0.29) is 6.04 Å². The van der Waals surface area contributed by atoms with Crippen LogP contribution in [0, 0.1) is 11.3 Å². The summed E-state index contributed by atoms with van der Waals surface area (Å²) >= 11 is 0. The van der Waals surface area contributed by atoms with Gasteiger partial charge in [-0.2, -0.15) is 5.26 Å². The first-order valence-corrected chi connectivity index (χ1v) is 6.35. The summed E-state index contributed by atoms with van der Waals surface area (Å²) in [6, 6.07) is 2.15. The molecule has 0 aromatic rings. The van der Waals surface area contributed by atoms with E-state index in [0.717, 1.165) is 23.5 Å². The van der Waals surface area contributed by atoms with Gasteiger partial charge in [-0.25, -0.2) is 0 Å². The molecule has 0 saturated heterocycles. The zero-order valence-corrected chi connectivity index (χ0v) is 11.3. The molecule has 1 N–H and O–H groups in total. The lowest BCUT2D eigenvalue weighted by atomic mass is 9.91. The summed E-state index contributed by atoms with van der Waals surface area (Å²) in [7, 11) is 1.68. The van der Waals surface area contributed by atoms with Crippen molar-refractivity contribution < 1.29 is 9.47 Å². The van der Waals surface area contributed by atoms with Crippen molar-refractivity contribution >= 4 is 0 Å².